The molecule has 14 heavy (non-hydrogen) atoms. The molecule has 0 aromatic rings. The van der Waals surface area contributed by atoms with Gasteiger partial charge in [-0.15, -0.1) is 0 Å². The molecule has 0 N–H and O–H groups in total. The molecule has 0 aliphatic carbocycles. The summed E-state index contributed by atoms with van der Waals surface area (Å²) in [6, 6.07) is 0. The highest BCUT2D eigenvalue weighted by molar-refractivity contribution is 5.82. The molecule has 0 radical (unpaired) electrons. The van der Waals surface area contributed by atoms with Gasteiger partial charge < -0.3 is 14.2 Å². The van der Waals surface area contributed by atoms with Gasteiger partial charge in [-0.05, 0) is 25.3 Å². The maximum Gasteiger partial charge on any atom is 0.330 e. The summed E-state index contributed by atoms with van der Waals surface area (Å²) in [6.07, 6.45) is 2.84. The van der Waals surface area contributed by atoms with Gasteiger partial charge in [-0.25, -0.2) is 4.79 Å². The van der Waals surface area contributed by atoms with Crippen molar-refractivity contribution in [3.05, 3.63) is 11.6 Å². The summed E-state index contributed by atoms with van der Waals surface area (Å²) < 4.78 is 15.2. The van der Waals surface area contributed by atoms with Crippen LogP contribution in [-0.4, -0.2) is 32.6 Å². The van der Waals surface area contributed by atoms with Crippen molar-refractivity contribution in [3.8, 4) is 0 Å². The molecule has 80 valence electrons. The monoisotopic (exact) mass is 200 g/mol. The highest BCUT2D eigenvalue weighted by atomic mass is 16.7. The van der Waals surface area contributed by atoms with E-state index in [0.29, 0.717) is 13.2 Å². The summed E-state index contributed by atoms with van der Waals surface area (Å²) >= 11 is 0. The van der Waals surface area contributed by atoms with Gasteiger partial charge in [0, 0.05) is 13.2 Å². The van der Waals surface area contributed by atoms with Crippen LogP contribution in [0.5, 0.6) is 0 Å². The number of methoxy groups -OCH3 is 1. The van der Waals surface area contributed by atoms with Gasteiger partial charge in [0.1, 0.15) is 0 Å². The van der Waals surface area contributed by atoms with E-state index < -0.39 is 0 Å². The van der Waals surface area contributed by atoms with Gasteiger partial charge in [-0.2, -0.15) is 0 Å². The zero-order valence-corrected chi connectivity index (χ0v) is 8.62. The van der Waals surface area contributed by atoms with E-state index in [1.807, 2.05) is 0 Å². The zero-order chi connectivity index (χ0) is 10.4. The molecule has 1 rings (SSSR count). The predicted molar refractivity (Wildman–Crippen MR) is 50.7 cm³/mol. The minimum Gasteiger partial charge on any atom is -0.463 e. The predicted octanol–water partition coefficient (Wildman–Crippen LogP) is 1.26. The average Bonchev–Trinajstić information content (AvgIpc) is 2.19. The number of esters is 1. The van der Waals surface area contributed by atoms with E-state index in [-0.39, 0.29) is 12.3 Å². The summed E-state index contributed by atoms with van der Waals surface area (Å²) in [5.74, 6) is -0.324. The first-order chi connectivity index (χ1) is 6.77. The molecule has 4 heteroatoms. The molecule has 1 heterocycles. The van der Waals surface area contributed by atoms with Crippen molar-refractivity contribution in [1.82, 2.24) is 0 Å². The van der Waals surface area contributed by atoms with Crippen LogP contribution in [0, 0.1) is 0 Å². The lowest BCUT2D eigenvalue weighted by atomic mass is 10.1. The van der Waals surface area contributed by atoms with Crippen molar-refractivity contribution >= 4 is 5.97 Å². The van der Waals surface area contributed by atoms with Crippen molar-refractivity contribution < 1.29 is 19.0 Å². The number of ether oxygens (including phenoxy) is 3. The van der Waals surface area contributed by atoms with Crippen LogP contribution in [-0.2, 0) is 19.0 Å². The van der Waals surface area contributed by atoms with Gasteiger partial charge in [-0.3, -0.25) is 0 Å². The van der Waals surface area contributed by atoms with Gasteiger partial charge in [0.15, 0.2) is 6.29 Å². The van der Waals surface area contributed by atoms with Gasteiger partial charge in [0.05, 0.1) is 13.2 Å². The topological polar surface area (TPSA) is 44.8 Å². The fourth-order valence-corrected chi connectivity index (χ4v) is 1.39. The molecular formula is C10H16O4. The van der Waals surface area contributed by atoms with E-state index in [0.717, 1.165) is 18.4 Å². The van der Waals surface area contributed by atoms with Crippen LogP contribution in [0.25, 0.3) is 0 Å². The first kappa shape index (κ1) is 11.2. The molecule has 1 fully saturated rings. The summed E-state index contributed by atoms with van der Waals surface area (Å²) in [5.41, 5.74) is 0.859. The smallest absolute Gasteiger partial charge is 0.330 e. The highest BCUT2D eigenvalue weighted by Gasteiger charge is 2.19. The molecule has 0 spiro atoms. The van der Waals surface area contributed by atoms with Gasteiger partial charge in [0.25, 0.3) is 0 Å². The summed E-state index contributed by atoms with van der Waals surface area (Å²) in [4.78, 5) is 11.2. The largest absolute Gasteiger partial charge is 0.463 e. The van der Waals surface area contributed by atoms with Crippen LogP contribution in [0.1, 0.15) is 19.8 Å². The summed E-state index contributed by atoms with van der Waals surface area (Å²) in [7, 11) is 1.56. The highest BCUT2D eigenvalue weighted by Crippen LogP contribution is 2.20. The van der Waals surface area contributed by atoms with Crippen molar-refractivity contribution in [2.75, 3.05) is 20.3 Å². The molecule has 1 aliphatic heterocycles. The Morgan fingerprint density at radius 2 is 2.50 bits per heavy atom. The second-order valence-corrected chi connectivity index (χ2v) is 3.01. The lowest BCUT2D eigenvalue weighted by molar-refractivity contribution is -0.138. The second kappa shape index (κ2) is 5.78. The Balaban J connectivity index is 2.57. The molecule has 4 nitrogen and oxygen atoms in total. The van der Waals surface area contributed by atoms with Crippen LogP contribution < -0.4 is 0 Å². The Bertz CT molecular complexity index is 222. The SMILES string of the molecule is CCOC(=O)/C=C1/CCCOC1OC. The van der Waals surface area contributed by atoms with Gasteiger partial charge >= 0.3 is 5.97 Å². The average molecular weight is 200 g/mol. The molecule has 1 unspecified atom stereocenters. The van der Waals surface area contributed by atoms with Crippen LogP contribution >= 0.6 is 0 Å². The van der Waals surface area contributed by atoms with E-state index in [1.165, 1.54) is 6.08 Å². The minimum absolute atomic E-state index is 0.324. The van der Waals surface area contributed by atoms with Crippen molar-refractivity contribution in [3.63, 3.8) is 0 Å². The Kier molecular flexibility index (Phi) is 4.62. The van der Waals surface area contributed by atoms with Crippen molar-refractivity contribution in [1.29, 1.82) is 0 Å². The Hall–Kier alpha value is -0.870. The normalized spacial score (nSPS) is 25.0. The third kappa shape index (κ3) is 3.12. The van der Waals surface area contributed by atoms with E-state index in [2.05, 4.69) is 0 Å². The third-order valence-electron chi connectivity index (χ3n) is 1.99. The number of hydrogen-bond donors (Lipinski definition) is 0. The fraction of sp³-hybridized carbons (Fsp3) is 0.700. The Labute approximate surface area is 83.8 Å². The van der Waals surface area contributed by atoms with E-state index in [1.54, 1.807) is 14.0 Å². The van der Waals surface area contributed by atoms with Crippen LogP contribution in [0.15, 0.2) is 11.6 Å². The molecule has 1 atom stereocenters. The first-order valence-electron chi connectivity index (χ1n) is 4.79. The summed E-state index contributed by atoms with van der Waals surface area (Å²) in [6.45, 7) is 2.85. The second-order valence-electron chi connectivity index (χ2n) is 3.01. The Morgan fingerprint density at radius 3 is 3.14 bits per heavy atom. The number of carbonyl (C=O) groups is 1. The lowest BCUT2D eigenvalue weighted by Gasteiger charge is -2.24. The van der Waals surface area contributed by atoms with Gasteiger partial charge in [0.2, 0.25) is 0 Å². The molecule has 0 bridgehead atoms. The number of rotatable bonds is 3. The number of hydrogen-bond acceptors (Lipinski definition) is 4. The molecule has 1 saturated heterocycles. The van der Waals surface area contributed by atoms with Crippen LogP contribution in [0.2, 0.25) is 0 Å². The number of carbonyl (C=O) groups excluding carboxylic acids is 1. The summed E-state index contributed by atoms with van der Waals surface area (Å²) in [5, 5.41) is 0. The van der Waals surface area contributed by atoms with E-state index >= 15 is 0 Å². The molecule has 0 amide bonds. The van der Waals surface area contributed by atoms with Crippen LogP contribution in [0.3, 0.4) is 0 Å². The van der Waals surface area contributed by atoms with Crippen LogP contribution in [0.4, 0.5) is 0 Å². The third-order valence-corrected chi connectivity index (χ3v) is 1.99. The van der Waals surface area contributed by atoms with Crippen molar-refractivity contribution in [2.45, 2.75) is 26.1 Å². The van der Waals surface area contributed by atoms with Crippen molar-refractivity contribution in [2.24, 2.45) is 0 Å². The molecule has 0 saturated carbocycles. The first-order valence-corrected chi connectivity index (χ1v) is 4.79. The lowest BCUT2D eigenvalue weighted by Crippen LogP contribution is -2.24. The zero-order valence-electron chi connectivity index (χ0n) is 8.62. The van der Waals surface area contributed by atoms with Gasteiger partial charge in [-0.1, -0.05) is 0 Å². The quantitative estimate of drug-likeness (QED) is 0.508. The van der Waals surface area contributed by atoms with E-state index in [4.69, 9.17) is 14.2 Å². The Morgan fingerprint density at radius 1 is 1.71 bits per heavy atom. The molecule has 0 aromatic heterocycles. The maximum absolute atomic E-state index is 11.2. The minimum atomic E-state index is -0.381. The molecular weight excluding hydrogens is 184 g/mol. The molecule has 0 aromatic carbocycles. The fourth-order valence-electron chi connectivity index (χ4n) is 1.39. The molecule has 1 aliphatic rings. The van der Waals surface area contributed by atoms with E-state index in [9.17, 15) is 4.79 Å². The maximum atomic E-state index is 11.2. The standard InChI is InChI=1S/C10H16O4/c1-3-13-9(11)7-8-5-4-6-14-10(8)12-2/h7,10H,3-6H2,1-2H3/b8-7-.